The Morgan fingerprint density at radius 1 is 0.872 bits per heavy atom. The predicted molar refractivity (Wildman–Crippen MR) is 187 cm³/mol. The zero-order chi connectivity index (χ0) is 34.0. The summed E-state index contributed by atoms with van der Waals surface area (Å²) in [5.74, 6) is -0.0770. The van der Waals surface area contributed by atoms with Crippen LogP contribution < -0.4 is 14.4 Å². The molecule has 0 aliphatic carbocycles. The Morgan fingerprint density at radius 2 is 1.51 bits per heavy atom. The molecule has 0 radical (unpaired) electrons. The van der Waals surface area contributed by atoms with Crippen LogP contribution in [0.2, 0.25) is 5.02 Å². The molecule has 2 amide bonds. The third-order valence-electron chi connectivity index (χ3n) is 7.67. The number of halogens is 1. The maximum atomic E-state index is 14.6. The molecule has 4 aromatic carbocycles. The Bertz CT molecular complexity index is 1730. The summed E-state index contributed by atoms with van der Waals surface area (Å²) in [5.41, 5.74) is 2.95. The van der Waals surface area contributed by atoms with Gasteiger partial charge in [-0.2, -0.15) is 0 Å². The van der Waals surface area contributed by atoms with E-state index >= 15 is 0 Å². The fourth-order valence-corrected chi connectivity index (χ4v) is 6.63. The van der Waals surface area contributed by atoms with Gasteiger partial charge in [0.2, 0.25) is 11.8 Å². The molecule has 10 heteroatoms. The normalized spacial score (nSPS) is 12.0. The number of hydrogen-bond donors (Lipinski definition) is 1. The van der Waals surface area contributed by atoms with E-state index in [-0.39, 0.29) is 35.4 Å². The number of nitrogens with one attached hydrogen (secondary N) is 1. The maximum Gasteiger partial charge on any atom is 0.264 e. The highest BCUT2D eigenvalue weighted by Crippen LogP contribution is 2.28. The van der Waals surface area contributed by atoms with E-state index in [1.807, 2.05) is 82.3 Å². The number of benzene rings is 4. The molecular weight excluding hydrogens is 634 g/mol. The van der Waals surface area contributed by atoms with E-state index in [0.29, 0.717) is 23.9 Å². The second-order valence-corrected chi connectivity index (χ2v) is 14.0. The third kappa shape index (κ3) is 9.59. The van der Waals surface area contributed by atoms with Gasteiger partial charge in [0.05, 0.1) is 17.2 Å². The van der Waals surface area contributed by atoms with Crippen LogP contribution in [-0.2, 0) is 32.6 Å². The molecule has 0 aromatic heterocycles. The molecule has 0 aliphatic heterocycles. The van der Waals surface area contributed by atoms with Crippen molar-refractivity contribution in [3.63, 3.8) is 0 Å². The lowest BCUT2D eigenvalue weighted by Crippen LogP contribution is -2.53. The van der Waals surface area contributed by atoms with Gasteiger partial charge in [-0.25, -0.2) is 8.42 Å². The molecule has 47 heavy (non-hydrogen) atoms. The number of rotatable bonds is 15. The minimum absolute atomic E-state index is 0.0236. The van der Waals surface area contributed by atoms with Crippen molar-refractivity contribution in [3.05, 3.63) is 125 Å². The zero-order valence-electron chi connectivity index (χ0n) is 27.2. The van der Waals surface area contributed by atoms with Crippen molar-refractivity contribution in [2.24, 2.45) is 5.92 Å². The Kier molecular flexibility index (Phi) is 12.4. The van der Waals surface area contributed by atoms with E-state index in [9.17, 15) is 18.0 Å². The maximum absolute atomic E-state index is 14.6. The van der Waals surface area contributed by atoms with Gasteiger partial charge >= 0.3 is 0 Å². The summed E-state index contributed by atoms with van der Waals surface area (Å²) in [4.78, 5) is 30.0. The van der Waals surface area contributed by atoms with Crippen molar-refractivity contribution in [1.29, 1.82) is 0 Å². The van der Waals surface area contributed by atoms with Gasteiger partial charge in [0.15, 0.2) is 0 Å². The quantitative estimate of drug-likeness (QED) is 0.152. The molecule has 0 spiro atoms. The first-order valence-corrected chi connectivity index (χ1v) is 17.5. The fraction of sp³-hybridized carbons (Fsp3) is 0.297. The molecule has 0 fully saturated rings. The molecule has 8 nitrogen and oxygen atoms in total. The average Bonchev–Trinajstić information content (AvgIpc) is 3.06. The number of hydrogen-bond acceptors (Lipinski definition) is 5. The SMILES string of the molecule is CCOc1ccc(N(CC(=O)N(Cc2ccccc2C)[C@H](Cc2ccccc2)C(=O)NCC(C)C)S(=O)(=O)c2ccc(Cl)cc2)cc1. The molecule has 0 unspecified atom stereocenters. The van der Waals surface area contributed by atoms with Crippen LogP contribution in [-0.4, -0.2) is 50.9 Å². The lowest BCUT2D eigenvalue weighted by atomic mass is 10.0. The molecule has 1 N–H and O–H groups in total. The van der Waals surface area contributed by atoms with E-state index in [2.05, 4.69) is 5.32 Å². The van der Waals surface area contributed by atoms with Crippen LogP contribution in [0.3, 0.4) is 0 Å². The van der Waals surface area contributed by atoms with Gasteiger partial charge in [-0.05, 0) is 85.0 Å². The van der Waals surface area contributed by atoms with E-state index < -0.39 is 28.5 Å². The lowest BCUT2D eigenvalue weighted by molar-refractivity contribution is -0.140. The molecule has 0 saturated carbocycles. The number of carbonyl (C=O) groups excluding carboxylic acids is 2. The number of sulfonamides is 1. The number of ether oxygens (including phenoxy) is 1. The van der Waals surface area contributed by atoms with E-state index in [1.165, 1.54) is 29.2 Å². The van der Waals surface area contributed by atoms with Crippen LogP contribution >= 0.6 is 11.6 Å². The van der Waals surface area contributed by atoms with Crippen molar-refractivity contribution >= 4 is 39.1 Å². The molecule has 0 aliphatic rings. The topological polar surface area (TPSA) is 96.0 Å². The fourth-order valence-electron chi connectivity index (χ4n) is 5.09. The first kappa shape index (κ1) is 35.5. The summed E-state index contributed by atoms with van der Waals surface area (Å²) in [6, 6.07) is 28.6. The second-order valence-electron chi connectivity index (χ2n) is 11.7. The average molecular weight is 676 g/mol. The Morgan fingerprint density at radius 3 is 2.13 bits per heavy atom. The van der Waals surface area contributed by atoms with Crippen molar-refractivity contribution in [2.75, 3.05) is 24.0 Å². The largest absolute Gasteiger partial charge is 0.494 e. The highest BCUT2D eigenvalue weighted by Gasteiger charge is 2.35. The van der Waals surface area contributed by atoms with Crippen LogP contribution in [0.4, 0.5) is 5.69 Å². The predicted octanol–water partition coefficient (Wildman–Crippen LogP) is 6.65. The van der Waals surface area contributed by atoms with Crippen LogP contribution in [0.25, 0.3) is 0 Å². The Balaban J connectivity index is 1.80. The zero-order valence-corrected chi connectivity index (χ0v) is 28.8. The number of nitrogens with zero attached hydrogens (tertiary/aromatic N) is 2. The molecule has 1 atom stereocenters. The number of amides is 2. The van der Waals surface area contributed by atoms with Crippen LogP contribution in [0.5, 0.6) is 5.75 Å². The van der Waals surface area contributed by atoms with E-state index in [0.717, 1.165) is 21.0 Å². The van der Waals surface area contributed by atoms with Crippen LogP contribution in [0, 0.1) is 12.8 Å². The van der Waals surface area contributed by atoms with Gasteiger partial charge in [-0.1, -0.05) is 80.0 Å². The minimum Gasteiger partial charge on any atom is -0.494 e. The molecule has 4 aromatic rings. The van der Waals surface area contributed by atoms with Crippen molar-refractivity contribution in [3.8, 4) is 5.75 Å². The van der Waals surface area contributed by atoms with Gasteiger partial charge in [-0.3, -0.25) is 13.9 Å². The number of aryl methyl sites for hydroxylation is 1. The number of anilines is 1. The van der Waals surface area contributed by atoms with Crippen molar-refractivity contribution in [1.82, 2.24) is 10.2 Å². The highest BCUT2D eigenvalue weighted by molar-refractivity contribution is 7.92. The summed E-state index contributed by atoms with van der Waals surface area (Å²) in [5, 5.41) is 3.39. The molecular formula is C37H42ClN3O5S. The van der Waals surface area contributed by atoms with E-state index in [1.54, 1.807) is 24.3 Å². The monoisotopic (exact) mass is 675 g/mol. The molecule has 248 valence electrons. The van der Waals surface area contributed by atoms with Crippen molar-refractivity contribution in [2.45, 2.75) is 51.6 Å². The van der Waals surface area contributed by atoms with Crippen molar-refractivity contribution < 1.29 is 22.7 Å². The van der Waals surface area contributed by atoms with Crippen LogP contribution in [0.1, 0.15) is 37.5 Å². The molecule has 4 rings (SSSR count). The minimum atomic E-state index is -4.25. The standard InChI is InChI=1S/C37H42ClN3O5S/c1-5-46-33-19-17-32(18-20-33)41(47(44,45)34-21-15-31(38)16-22-34)26-36(42)40(25-30-14-10-9-11-28(30)4)35(37(43)39-24-27(2)3)23-29-12-7-6-8-13-29/h6-22,27,35H,5,23-26H2,1-4H3,(H,39,43)/t35-/m1/s1. The Labute approximate surface area is 283 Å². The summed E-state index contributed by atoms with van der Waals surface area (Å²) < 4.78 is 35.0. The first-order chi connectivity index (χ1) is 22.5. The van der Waals surface area contributed by atoms with Gasteiger partial charge in [-0.15, -0.1) is 0 Å². The summed E-state index contributed by atoms with van der Waals surface area (Å²) in [6.07, 6.45) is 0.245. The summed E-state index contributed by atoms with van der Waals surface area (Å²) in [7, 11) is -4.25. The van der Waals surface area contributed by atoms with Gasteiger partial charge in [0.1, 0.15) is 18.3 Å². The first-order valence-electron chi connectivity index (χ1n) is 15.7. The third-order valence-corrected chi connectivity index (χ3v) is 9.71. The summed E-state index contributed by atoms with van der Waals surface area (Å²) in [6.45, 7) is 8.23. The van der Waals surface area contributed by atoms with Gasteiger partial charge in [0.25, 0.3) is 10.0 Å². The van der Waals surface area contributed by atoms with Crippen LogP contribution in [0.15, 0.2) is 108 Å². The lowest BCUT2D eigenvalue weighted by Gasteiger charge is -2.34. The Hall–Kier alpha value is -4.34. The molecule has 0 heterocycles. The molecule has 0 saturated heterocycles. The highest BCUT2D eigenvalue weighted by atomic mass is 35.5. The van der Waals surface area contributed by atoms with E-state index in [4.69, 9.17) is 16.3 Å². The molecule has 0 bridgehead atoms. The van der Waals surface area contributed by atoms with Gasteiger partial charge < -0.3 is 15.0 Å². The second kappa shape index (κ2) is 16.5. The smallest absolute Gasteiger partial charge is 0.264 e. The number of carbonyl (C=O) groups is 2. The summed E-state index contributed by atoms with van der Waals surface area (Å²) >= 11 is 6.08. The van der Waals surface area contributed by atoms with Gasteiger partial charge in [0, 0.05) is 24.5 Å².